The number of carbonyl (C=O) groups excluding carboxylic acids is 4. The van der Waals surface area contributed by atoms with Gasteiger partial charge in [-0.25, -0.2) is 4.79 Å². The number of primary amides is 1. The molecular formula is C21H19N3O6S. The Balaban J connectivity index is 1.63. The highest BCUT2D eigenvalue weighted by Gasteiger charge is 2.25. The minimum absolute atomic E-state index is 0.0419. The SMILES string of the molecule is NC(=O)c1ccsc1NC(=O)COC(=O)[C@H](Cc1ccccc1)NC(=O)c1ccco1. The van der Waals surface area contributed by atoms with Crippen molar-refractivity contribution in [3.63, 3.8) is 0 Å². The summed E-state index contributed by atoms with van der Waals surface area (Å²) in [5.74, 6) is -2.66. The van der Waals surface area contributed by atoms with Crippen LogP contribution in [-0.4, -0.2) is 36.3 Å². The topological polar surface area (TPSA) is 141 Å². The van der Waals surface area contributed by atoms with E-state index in [0.29, 0.717) is 0 Å². The average molecular weight is 441 g/mol. The van der Waals surface area contributed by atoms with Crippen molar-refractivity contribution in [2.75, 3.05) is 11.9 Å². The van der Waals surface area contributed by atoms with Crippen molar-refractivity contribution in [3.8, 4) is 0 Å². The molecule has 0 radical (unpaired) electrons. The molecule has 9 nitrogen and oxygen atoms in total. The Hall–Kier alpha value is -3.92. The Morgan fingerprint density at radius 3 is 2.52 bits per heavy atom. The first-order valence-electron chi connectivity index (χ1n) is 9.16. The van der Waals surface area contributed by atoms with Gasteiger partial charge < -0.3 is 25.5 Å². The van der Waals surface area contributed by atoms with Crippen molar-refractivity contribution < 1.29 is 28.3 Å². The van der Waals surface area contributed by atoms with Crippen LogP contribution in [0.25, 0.3) is 0 Å². The predicted octanol–water partition coefficient (Wildman–Crippen LogP) is 1.96. The van der Waals surface area contributed by atoms with Crippen LogP contribution in [-0.2, 0) is 20.7 Å². The Labute approximate surface area is 181 Å². The maximum Gasteiger partial charge on any atom is 0.329 e. The first kappa shape index (κ1) is 21.8. The molecule has 0 spiro atoms. The number of ether oxygens (including phenoxy) is 1. The molecule has 10 heteroatoms. The van der Waals surface area contributed by atoms with Gasteiger partial charge in [0.2, 0.25) is 0 Å². The Kier molecular flexibility index (Phi) is 7.17. The fourth-order valence-electron chi connectivity index (χ4n) is 2.68. The summed E-state index contributed by atoms with van der Waals surface area (Å²) in [5.41, 5.74) is 6.19. The zero-order valence-electron chi connectivity index (χ0n) is 16.2. The molecular weight excluding hydrogens is 422 g/mol. The van der Waals surface area contributed by atoms with Crippen LogP contribution in [0.15, 0.2) is 64.6 Å². The van der Waals surface area contributed by atoms with Crippen LogP contribution in [0.1, 0.15) is 26.5 Å². The highest BCUT2D eigenvalue weighted by molar-refractivity contribution is 7.14. The van der Waals surface area contributed by atoms with Crippen molar-refractivity contribution in [1.29, 1.82) is 0 Å². The Bertz CT molecular complexity index is 1060. The third-order valence-electron chi connectivity index (χ3n) is 4.15. The lowest BCUT2D eigenvalue weighted by atomic mass is 10.1. The van der Waals surface area contributed by atoms with Gasteiger partial charge in [0.15, 0.2) is 12.4 Å². The quantitative estimate of drug-likeness (QED) is 0.434. The summed E-state index contributed by atoms with van der Waals surface area (Å²) in [4.78, 5) is 48.4. The molecule has 1 atom stereocenters. The van der Waals surface area contributed by atoms with Crippen molar-refractivity contribution >= 4 is 40.0 Å². The van der Waals surface area contributed by atoms with Crippen molar-refractivity contribution in [3.05, 3.63) is 77.1 Å². The molecule has 3 amide bonds. The van der Waals surface area contributed by atoms with Crippen molar-refractivity contribution in [2.45, 2.75) is 12.5 Å². The van der Waals surface area contributed by atoms with Gasteiger partial charge in [0, 0.05) is 6.42 Å². The number of carbonyl (C=O) groups is 4. The summed E-state index contributed by atoms with van der Waals surface area (Å²) < 4.78 is 10.1. The predicted molar refractivity (Wildman–Crippen MR) is 113 cm³/mol. The van der Waals surface area contributed by atoms with E-state index in [1.54, 1.807) is 35.7 Å². The number of amides is 3. The first-order valence-corrected chi connectivity index (χ1v) is 10.0. The molecule has 160 valence electrons. The fraction of sp³-hybridized carbons (Fsp3) is 0.143. The molecule has 31 heavy (non-hydrogen) atoms. The summed E-state index contributed by atoms with van der Waals surface area (Å²) in [6.45, 7) is -0.600. The normalized spacial score (nSPS) is 11.4. The first-order chi connectivity index (χ1) is 14.9. The van der Waals surface area contributed by atoms with E-state index < -0.39 is 36.3 Å². The second kappa shape index (κ2) is 10.2. The van der Waals surface area contributed by atoms with Gasteiger partial charge in [-0.15, -0.1) is 11.3 Å². The minimum atomic E-state index is -1.05. The number of rotatable bonds is 9. The lowest BCUT2D eigenvalue weighted by molar-refractivity contribution is -0.149. The van der Waals surface area contributed by atoms with E-state index in [-0.39, 0.29) is 22.7 Å². The maximum atomic E-state index is 12.6. The standard InChI is InChI=1S/C21H19N3O6S/c22-18(26)14-8-10-31-20(14)24-17(25)12-30-21(28)15(11-13-5-2-1-3-6-13)23-19(27)16-7-4-9-29-16/h1-10,15H,11-12H2,(H2,22,26)(H,23,27)(H,24,25)/t15-/m0/s1. The summed E-state index contributed by atoms with van der Waals surface area (Å²) in [7, 11) is 0. The van der Waals surface area contributed by atoms with Crippen LogP contribution in [0.5, 0.6) is 0 Å². The molecule has 3 aromatic rings. The van der Waals surface area contributed by atoms with Crippen LogP contribution in [0.3, 0.4) is 0 Å². The second-order valence-electron chi connectivity index (χ2n) is 6.38. The van der Waals surface area contributed by atoms with Gasteiger partial charge in [0.1, 0.15) is 11.0 Å². The van der Waals surface area contributed by atoms with Crippen LogP contribution in [0, 0.1) is 0 Å². The number of anilines is 1. The van der Waals surface area contributed by atoms with Gasteiger partial charge in [-0.2, -0.15) is 0 Å². The summed E-state index contributed by atoms with van der Waals surface area (Å²) in [6.07, 6.45) is 1.50. The van der Waals surface area contributed by atoms with Gasteiger partial charge in [-0.05, 0) is 29.1 Å². The highest BCUT2D eigenvalue weighted by Crippen LogP contribution is 2.22. The molecule has 0 aliphatic carbocycles. The van der Waals surface area contributed by atoms with Crippen LogP contribution >= 0.6 is 11.3 Å². The third kappa shape index (κ3) is 6.03. The highest BCUT2D eigenvalue weighted by atomic mass is 32.1. The van der Waals surface area contributed by atoms with E-state index in [4.69, 9.17) is 14.9 Å². The molecule has 0 saturated carbocycles. The molecule has 1 aromatic carbocycles. The lowest BCUT2D eigenvalue weighted by Crippen LogP contribution is -2.44. The van der Waals surface area contributed by atoms with E-state index in [2.05, 4.69) is 10.6 Å². The zero-order valence-corrected chi connectivity index (χ0v) is 17.0. The monoisotopic (exact) mass is 441 g/mol. The van der Waals surface area contributed by atoms with Crippen molar-refractivity contribution in [1.82, 2.24) is 5.32 Å². The lowest BCUT2D eigenvalue weighted by Gasteiger charge is -2.17. The third-order valence-corrected chi connectivity index (χ3v) is 4.98. The summed E-state index contributed by atoms with van der Waals surface area (Å²) in [6, 6.07) is 12.5. The number of benzene rings is 1. The summed E-state index contributed by atoms with van der Waals surface area (Å²) in [5, 5.41) is 6.90. The number of thiophene rings is 1. The molecule has 2 heterocycles. The van der Waals surface area contributed by atoms with Crippen molar-refractivity contribution in [2.24, 2.45) is 5.73 Å². The molecule has 2 aromatic heterocycles. The molecule has 0 aliphatic rings. The molecule has 0 unspecified atom stereocenters. The van der Waals surface area contributed by atoms with Gasteiger partial charge in [-0.3, -0.25) is 14.4 Å². The summed E-state index contributed by atoms with van der Waals surface area (Å²) >= 11 is 1.11. The van der Waals surface area contributed by atoms with Gasteiger partial charge in [-0.1, -0.05) is 30.3 Å². The zero-order chi connectivity index (χ0) is 22.2. The van der Waals surface area contributed by atoms with E-state index >= 15 is 0 Å². The largest absolute Gasteiger partial charge is 0.459 e. The van der Waals surface area contributed by atoms with Crippen LogP contribution in [0.2, 0.25) is 0 Å². The fourth-order valence-corrected chi connectivity index (χ4v) is 3.49. The molecule has 4 N–H and O–H groups in total. The average Bonchev–Trinajstić information content (AvgIpc) is 3.44. The van der Waals surface area contributed by atoms with E-state index in [0.717, 1.165) is 16.9 Å². The van der Waals surface area contributed by atoms with Gasteiger partial charge >= 0.3 is 5.97 Å². The van der Waals surface area contributed by atoms with Gasteiger partial charge in [0.25, 0.3) is 17.7 Å². The molecule has 3 rings (SSSR count). The number of hydrogen-bond acceptors (Lipinski definition) is 7. The van der Waals surface area contributed by atoms with Crippen LogP contribution in [0.4, 0.5) is 5.00 Å². The number of nitrogens with two attached hydrogens (primary N) is 1. The Morgan fingerprint density at radius 1 is 1.06 bits per heavy atom. The van der Waals surface area contributed by atoms with E-state index in [9.17, 15) is 19.2 Å². The Morgan fingerprint density at radius 2 is 1.84 bits per heavy atom. The smallest absolute Gasteiger partial charge is 0.329 e. The van der Waals surface area contributed by atoms with Crippen LogP contribution < -0.4 is 16.4 Å². The molecule has 0 fully saturated rings. The number of furan rings is 1. The minimum Gasteiger partial charge on any atom is -0.459 e. The maximum absolute atomic E-state index is 12.6. The molecule has 0 saturated heterocycles. The molecule has 0 aliphatic heterocycles. The number of nitrogens with one attached hydrogen (secondary N) is 2. The van der Waals surface area contributed by atoms with E-state index in [1.807, 2.05) is 6.07 Å². The van der Waals surface area contributed by atoms with E-state index in [1.165, 1.54) is 18.4 Å². The number of esters is 1. The second-order valence-corrected chi connectivity index (χ2v) is 7.29. The molecule has 0 bridgehead atoms. The number of hydrogen-bond donors (Lipinski definition) is 3. The van der Waals surface area contributed by atoms with Gasteiger partial charge in [0.05, 0.1) is 11.8 Å².